The predicted octanol–water partition coefficient (Wildman–Crippen LogP) is 6.11. The van der Waals surface area contributed by atoms with E-state index in [4.69, 9.17) is 4.74 Å². The minimum absolute atomic E-state index is 0.215. The zero-order chi connectivity index (χ0) is 25.5. The molecule has 0 unspecified atom stereocenters. The average Bonchev–Trinajstić information content (AvgIpc) is 3.58. The molecule has 2 aromatic carbocycles. The summed E-state index contributed by atoms with van der Waals surface area (Å²) in [5.41, 5.74) is 7.39. The highest BCUT2D eigenvalue weighted by molar-refractivity contribution is 6.01. The van der Waals surface area contributed by atoms with Gasteiger partial charge in [-0.25, -0.2) is 4.39 Å². The third kappa shape index (κ3) is 4.18. The number of ether oxygens (including phenoxy) is 1. The second kappa shape index (κ2) is 9.39. The molecule has 1 aliphatic heterocycles. The number of halogens is 1. The molecule has 3 N–H and O–H groups in total. The van der Waals surface area contributed by atoms with E-state index in [9.17, 15) is 4.39 Å². The zero-order valence-corrected chi connectivity index (χ0v) is 20.5. The Kier molecular flexibility index (Phi) is 5.59. The first-order valence-electron chi connectivity index (χ1n) is 12.8. The van der Waals surface area contributed by atoms with Crippen molar-refractivity contribution in [3.8, 4) is 39.4 Å². The third-order valence-electron chi connectivity index (χ3n) is 7.15. The Morgan fingerprint density at radius 2 is 1.58 bits per heavy atom. The largest absolute Gasteiger partial charge is 0.489 e. The van der Waals surface area contributed by atoms with Crippen molar-refractivity contribution in [2.45, 2.75) is 18.9 Å². The first-order chi connectivity index (χ1) is 18.7. The van der Waals surface area contributed by atoms with Gasteiger partial charge in [-0.1, -0.05) is 18.2 Å². The minimum Gasteiger partial charge on any atom is -0.489 e. The summed E-state index contributed by atoms with van der Waals surface area (Å²) in [6.45, 7) is 1.96. The number of benzene rings is 2. The molecular formula is C30H25FN6O. The molecule has 5 heterocycles. The second-order valence-electron chi connectivity index (χ2n) is 9.65. The number of H-pyrrole nitrogens is 2. The van der Waals surface area contributed by atoms with E-state index in [1.54, 1.807) is 30.7 Å². The van der Waals surface area contributed by atoms with E-state index in [0.717, 1.165) is 87.1 Å². The van der Waals surface area contributed by atoms with Gasteiger partial charge in [0.25, 0.3) is 0 Å². The maximum absolute atomic E-state index is 13.5. The number of nitrogens with one attached hydrogen (secondary N) is 3. The summed E-state index contributed by atoms with van der Waals surface area (Å²) in [5.74, 6) is 0.527. The van der Waals surface area contributed by atoms with Gasteiger partial charge < -0.3 is 15.0 Å². The number of nitrogens with zero attached hydrogens (tertiary/aromatic N) is 3. The molecular weight excluding hydrogens is 479 g/mol. The molecule has 1 saturated heterocycles. The van der Waals surface area contributed by atoms with Crippen LogP contribution < -0.4 is 10.1 Å². The number of fused-ring (bicyclic) bond motifs is 2. The van der Waals surface area contributed by atoms with Crippen molar-refractivity contribution in [3.05, 3.63) is 85.2 Å². The third-order valence-corrected chi connectivity index (χ3v) is 7.15. The minimum atomic E-state index is -0.263. The van der Waals surface area contributed by atoms with E-state index in [2.05, 4.69) is 54.7 Å². The molecule has 0 bridgehead atoms. The number of hydrogen-bond acceptors (Lipinski definition) is 5. The van der Waals surface area contributed by atoms with Gasteiger partial charge in [-0.15, -0.1) is 0 Å². The maximum Gasteiger partial charge on any atom is 0.138 e. The smallest absolute Gasteiger partial charge is 0.138 e. The Morgan fingerprint density at radius 3 is 2.45 bits per heavy atom. The van der Waals surface area contributed by atoms with Gasteiger partial charge in [0, 0.05) is 34.3 Å². The van der Waals surface area contributed by atoms with Gasteiger partial charge >= 0.3 is 0 Å². The van der Waals surface area contributed by atoms with E-state index in [-0.39, 0.29) is 11.9 Å². The summed E-state index contributed by atoms with van der Waals surface area (Å²) in [6, 6.07) is 16.8. The average molecular weight is 505 g/mol. The highest BCUT2D eigenvalue weighted by Crippen LogP contribution is 2.35. The molecule has 188 valence electrons. The molecule has 0 radical (unpaired) electrons. The Labute approximate surface area is 218 Å². The molecule has 1 fully saturated rings. The lowest BCUT2D eigenvalue weighted by atomic mass is 10.0. The van der Waals surface area contributed by atoms with Crippen molar-refractivity contribution < 1.29 is 9.13 Å². The molecule has 0 amide bonds. The van der Waals surface area contributed by atoms with Crippen LogP contribution in [-0.4, -0.2) is 44.3 Å². The van der Waals surface area contributed by atoms with Gasteiger partial charge in [-0.3, -0.25) is 15.1 Å². The lowest BCUT2D eigenvalue weighted by Gasteiger charge is -2.23. The number of aromatic amines is 2. The lowest BCUT2D eigenvalue weighted by molar-refractivity contribution is 0.162. The SMILES string of the molecule is Fc1ccc(-c2cncc3[nH]c(-c4n[nH]c5ccc(-c6cncc(OC7CCNCC7)c6)cc45)cc23)cc1. The molecule has 0 aliphatic carbocycles. The first kappa shape index (κ1) is 22.6. The summed E-state index contributed by atoms with van der Waals surface area (Å²) in [4.78, 5) is 12.3. The molecule has 0 atom stereocenters. The standard InChI is InChI=1S/C30H25FN6O/c31-21-4-1-18(2-5-21)26-16-34-17-29-24(26)13-28(35-29)30-25-12-19(3-6-27(25)36-37-30)20-11-23(15-33-14-20)38-22-7-9-32-10-8-22/h1-6,11-17,22,32,35H,7-10H2,(H,36,37). The Balaban J connectivity index is 1.25. The molecule has 8 heteroatoms. The lowest BCUT2D eigenvalue weighted by Crippen LogP contribution is -2.34. The summed E-state index contributed by atoms with van der Waals surface area (Å²) in [6.07, 6.45) is 9.46. The summed E-state index contributed by atoms with van der Waals surface area (Å²) < 4.78 is 19.7. The van der Waals surface area contributed by atoms with Crippen LogP contribution in [-0.2, 0) is 0 Å². The van der Waals surface area contributed by atoms with Gasteiger partial charge in [0.2, 0.25) is 0 Å². The Morgan fingerprint density at radius 1 is 0.763 bits per heavy atom. The Bertz CT molecular complexity index is 1750. The van der Waals surface area contributed by atoms with Crippen LogP contribution in [0.4, 0.5) is 4.39 Å². The second-order valence-corrected chi connectivity index (χ2v) is 9.65. The summed E-state index contributed by atoms with van der Waals surface area (Å²) in [7, 11) is 0. The fourth-order valence-corrected chi connectivity index (χ4v) is 5.18. The molecule has 38 heavy (non-hydrogen) atoms. The maximum atomic E-state index is 13.5. The van der Waals surface area contributed by atoms with Crippen molar-refractivity contribution in [1.82, 2.24) is 30.5 Å². The monoisotopic (exact) mass is 504 g/mol. The molecule has 0 saturated carbocycles. The van der Waals surface area contributed by atoms with E-state index in [1.807, 2.05) is 12.3 Å². The van der Waals surface area contributed by atoms with E-state index < -0.39 is 0 Å². The molecule has 4 aromatic heterocycles. The molecule has 6 aromatic rings. The topological polar surface area (TPSA) is 91.5 Å². The number of rotatable bonds is 5. The highest BCUT2D eigenvalue weighted by Gasteiger charge is 2.17. The zero-order valence-electron chi connectivity index (χ0n) is 20.5. The number of aromatic nitrogens is 5. The summed E-state index contributed by atoms with van der Waals surface area (Å²) in [5, 5.41) is 13.2. The number of hydrogen-bond donors (Lipinski definition) is 3. The van der Waals surface area contributed by atoms with Gasteiger partial charge in [-0.05, 0) is 73.5 Å². The number of piperidine rings is 1. The molecule has 7 rings (SSSR count). The fourth-order valence-electron chi connectivity index (χ4n) is 5.18. The van der Waals surface area contributed by atoms with Crippen LogP contribution in [0.25, 0.3) is 55.4 Å². The van der Waals surface area contributed by atoms with Gasteiger partial charge in [-0.2, -0.15) is 5.10 Å². The predicted molar refractivity (Wildman–Crippen MR) is 146 cm³/mol. The van der Waals surface area contributed by atoms with Crippen LogP contribution in [0.3, 0.4) is 0 Å². The first-order valence-corrected chi connectivity index (χ1v) is 12.8. The fraction of sp³-hybridized carbons (Fsp3) is 0.167. The van der Waals surface area contributed by atoms with Crippen molar-refractivity contribution in [2.75, 3.05) is 13.1 Å². The quantitative estimate of drug-likeness (QED) is 0.264. The van der Waals surface area contributed by atoms with E-state index in [1.165, 1.54) is 12.1 Å². The highest BCUT2D eigenvalue weighted by atomic mass is 19.1. The summed E-state index contributed by atoms with van der Waals surface area (Å²) >= 11 is 0. The van der Waals surface area contributed by atoms with Crippen LogP contribution >= 0.6 is 0 Å². The van der Waals surface area contributed by atoms with Gasteiger partial charge in [0.05, 0.1) is 29.1 Å². The van der Waals surface area contributed by atoms with Crippen molar-refractivity contribution in [3.63, 3.8) is 0 Å². The van der Waals surface area contributed by atoms with Crippen molar-refractivity contribution >= 4 is 21.8 Å². The van der Waals surface area contributed by atoms with Crippen LogP contribution in [0.1, 0.15) is 12.8 Å². The molecule has 0 spiro atoms. The normalized spacial score (nSPS) is 14.3. The van der Waals surface area contributed by atoms with Crippen LogP contribution in [0.2, 0.25) is 0 Å². The van der Waals surface area contributed by atoms with Crippen molar-refractivity contribution in [1.29, 1.82) is 0 Å². The van der Waals surface area contributed by atoms with Crippen LogP contribution in [0.5, 0.6) is 5.75 Å². The Hall–Kier alpha value is -4.56. The van der Waals surface area contributed by atoms with Gasteiger partial charge in [0.15, 0.2) is 0 Å². The number of pyridine rings is 2. The molecule has 7 nitrogen and oxygen atoms in total. The van der Waals surface area contributed by atoms with Gasteiger partial charge in [0.1, 0.15) is 23.4 Å². The van der Waals surface area contributed by atoms with E-state index in [0.29, 0.717) is 0 Å². The van der Waals surface area contributed by atoms with Crippen molar-refractivity contribution in [2.24, 2.45) is 0 Å². The van der Waals surface area contributed by atoms with Crippen LogP contribution in [0, 0.1) is 5.82 Å². The van der Waals surface area contributed by atoms with E-state index >= 15 is 0 Å². The van der Waals surface area contributed by atoms with Crippen LogP contribution in [0.15, 0.2) is 79.4 Å². The molecule has 1 aliphatic rings.